The van der Waals surface area contributed by atoms with Crippen molar-refractivity contribution in [1.82, 2.24) is 10.3 Å². The standard InChI is InChI=1S/C10H10Cl2N2OS2/c1-5(7-2-8(11)17-9(7)12)13-3-6-4-16-10(15)14-6/h2,4-5,13H,3H2,1H3,(H,14,15). The van der Waals surface area contributed by atoms with Gasteiger partial charge in [-0.25, -0.2) is 0 Å². The molecule has 1 atom stereocenters. The van der Waals surface area contributed by atoms with Crippen LogP contribution in [-0.4, -0.2) is 4.98 Å². The molecule has 0 bridgehead atoms. The highest BCUT2D eigenvalue weighted by atomic mass is 35.5. The third-order valence-electron chi connectivity index (χ3n) is 2.32. The van der Waals surface area contributed by atoms with Crippen molar-refractivity contribution in [2.75, 3.05) is 0 Å². The van der Waals surface area contributed by atoms with Gasteiger partial charge < -0.3 is 10.3 Å². The van der Waals surface area contributed by atoms with E-state index in [9.17, 15) is 4.79 Å². The molecule has 0 aliphatic carbocycles. The molecule has 92 valence electrons. The molecular formula is C10H10Cl2N2OS2. The van der Waals surface area contributed by atoms with Gasteiger partial charge in [-0.1, -0.05) is 34.5 Å². The minimum atomic E-state index is -0.0361. The van der Waals surface area contributed by atoms with Gasteiger partial charge in [0.05, 0.1) is 8.67 Å². The first-order valence-corrected chi connectivity index (χ1v) is 7.36. The van der Waals surface area contributed by atoms with Crippen LogP contribution in [0.4, 0.5) is 0 Å². The Balaban J connectivity index is 2.00. The summed E-state index contributed by atoms with van der Waals surface area (Å²) in [5.74, 6) is 0. The lowest BCUT2D eigenvalue weighted by atomic mass is 10.2. The number of aromatic nitrogens is 1. The summed E-state index contributed by atoms with van der Waals surface area (Å²) in [5, 5.41) is 5.09. The lowest BCUT2D eigenvalue weighted by molar-refractivity contribution is 0.570. The maximum Gasteiger partial charge on any atom is 0.304 e. The maximum absolute atomic E-state index is 11.0. The molecule has 1 unspecified atom stereocenters. The van der Waals surface area contributed by atoms with Gasteiger partial charge in [0, 0.05) is 23.7 Å². The topological polar surface area (TPSA) is 44.9 Å². The summed E-state index contributed by atoms with van der Waals surface area (Å²) >= 11 is 14.5. The number of rotatable bonds is 4. The highest BCUT2D eigenvalue weighted by Gasteiger charge is 2.13. The largest absolute Gasteiger partial charge is 0.315 e. The number of hydrogen-bond acceptors (Lipinski definition) is 4. The molecular weight excluding hydrogens is 299 g/mol. The van der Waals surface area contributed by atoms with Gasteiger partial charge in [-0.15, -0.1) is 11.3 Å². The summed E-state index contributed by atoms with van der Waals surface area (Å²) in [4.78, 5) is 13.7. The number of nitrogens with one attached hydrogen (secondary N) is 2. The Morgan fingerprint density at radius 3 is 2.82 bits per heavy atom. The Morgan fingerprint density at radius 2 is 2.29 bits per heavy atom. The van der Waals surface area contributed by atoms with Gasteiger partial charge in [0.2, 0.25) is 0 Å². The Kier molecular flexibility index (Phi) is 4.27. The lowest BCUT2D eigenvalue weighted by Gasteiger charge is -2.12. The van der Waals surface area contributed by atoms with Crippen LogP contribution in [0.15, 0.2) is 16.2 Å². The molecule has 0 radical (unpaired) electrons. The van der Waals surface area contributed by atoms with Crippen LogP contribution in [0.1, 0.15) is 24.2 Å². The van der Waals surface area contributed by atoms with Gasteiger partial charge >= 0.3 is 4.87 Å². The van der Waals surface area contributed by atoms with E-state index in [1.807, 2.05) is 18.4 Å². The minimum Gasteiger partial charge on any atom is -0.315 e. The first-order valence-electron chi connectivity index (χ1n) is 4.91. The first kappa shape index (κ1) is 13.1. The van der Waals surface area contributed by atoms with Gasteiger partial charge in [-0.05, 0) is 18.6 Å². The van der Waals surface area contributed by atoms with Crippen molar-refractivity contribution in [3.05, 3.63) is 41.0 Å². The normalized spacial score (nSPS) is 12.9. The van der Waals surface area contributed by atoms with Gasteiger partial charge in [0.15, 0.2) is 0 Å². The fraction of sp³-hybridized carbons (Fsp3) is 0.300. The van der Waals surface area contributed by atoms with Crippen molar-refractivity contribution < 1.29 is 0 Å². The highest BCUT2D eigenvalue weighted by molar-refractivity contribution is 7.20. The van der Waals surface area contributed by atoms with Gasteiger partial charge in [-0.2, -0.15) is 0 Å². The first-order chi connectivity index (χ1) is 8.06. The molecule has 0 amide bonds. The van der Waals surface area contributed by atoms with Crippen molar-refractivity contribution in [3.63, 3.8) is 0 Å². The molecule has 17 heavy (non-hydrogen) atoms. The van der Waals surface area contributed by atoms with Crippen molar-refractivity contribution in [2.45, 2.75) is 19.5 Å². The second-order valence-electron chi connectivity index (χ2n) is 3.56. The van der Waals surface area contributed by atoms with Crippen LogP contribution in [0.25, 0.3) is 0 Å². The van der Waals surface area contributed by atoms with Crippen LogP contribution in [0.3, 0.4) is 0 Å². The number of H-pyrrole nitrogens is 1. The SMILES string of the molecule is CC(NCc1csc(=O)[nH]1)c1cc(Cl)sc1Cl. The van der Waals surface area contributed by atoms with E-state index in [4.69, 9.17) is 23.2 Å². The highest BCUT2D eigenvalue weighted by Crippen LogP contribution is 2.34. The van der Waals surface area contributed by atoms with E-state index in [0.717, 1.165) is 22.6 Å². The molecule has 2 rings (SSSR count). The van der Waals surface area contributed by atoms with Crippen molar-refractivity contribution in [1.29, 1.82) is 0 Å². The molecule has 0 aromatic carbocycles. The van der Waals surface area contributed by atoms with E-state index in [2.05, 4.69) is 10.3 Å². The van der Waals surface area contributed by atoms with E-state index in [1.54, 1.807) is 0 Å². The Labute approximate surface area is 116 Å². The van der Waals surface area contributed by atoms with Gasteiger partial charge in [-0.3, -0.25) is 4.79 Å². The van der Waals surface area contributed by atoms with E-state index < -0.39 is 0 Å². The molecule has 2 aromatic rings. The maximum atomic E-state index is 11.0. The summed E-state index contributed by atoms with van der Waals surface area (Å²) in [6.07, 6.45) is 0. The fourth-order valence-corrected chi connectivity index (χ4v) is 3.65. The number of aromatic amines is 1. The number of halogens is 2. The molecule has 2 N–H and O–H groups in total. The van der Waals surface area contributed by atoms with Gasteiger partial charge in [0.25, 0.3) is 0 Å². The van der Waals surface area contributed by atoms with E-state index in [0.29, 0.717) is 15.2 Å². The fourth-order valence-electron chi connectivity index (χ4n) is 1.42. The van der Waals surface area contributed by atoms with Crippen LogP contribution < -0.4 is 10.2 Å². The molecule has 7 heteroatoms. The monoisotopic (exact) mass is 308 g/mol. The van der Waals surface area contributed by atoms with Crippen molar-refractivity contribution in [3.8, 4) is 0 Å². The number of thiophene rings is 1. The van der Waals surface area contributed by atoms with Crippen LogP contribution in [-0.2, 0) is 6.54 Å². The average Bonchev–Trinajstić information content (AvgIpc) is 2.81. The molecule has 3 nitrogen and oxygen atoms in total. The Bertz CT molecular complexity index is 561. The third-order valence-corrected chi connectivity index (χ3v) is 4.56. The molecule has 0 saturated heterocycles. The van der Waals surface area contributed by atoms with Crippen LogP contribution >= 0.6 is 45.9 Å². The lowest BCUT2D eigenvalue weighted by Crippen LogP contribution is -2.18. The number of thiazole rings is 1. The molecule has 0 aliphatic rings. The third kappa shape index (κ3) is 3.33. The second kappa shape index (κ2) is 5.54. The van der Waals surface area contributed by atoms with Crippen molar-refractivity contribution >= 4 is 45.9 Å². The smallest absolute Gasteiger partial charge is 0.304 e. The molecule has 0 aliphatic heterocycles. The second-order valence-corrected chi connectivity index (χ2v) is 6.68. The average molecular weight is 309 g/mol. The van der Waals surface area contributed by atoms with Crippen molar-refractivity contribution in [2.24, 2.45) is 0 Å². The molecule has 2 aromatic heterocycles. The summed E-state index contributed by atoms with van der Waals surface area (Å²) in [6.45, 7) is 2.61. The van der Waals surface area contributed by atoms with Crippen LogP contribution in [0.2, 0.25) is 8.67 Å². The molecule has 2 heterocycles. The van der Waals surface area contributed by atoms with Crippen LogP contribution in [0.5, 0.6) is 0 Å². The predicted octanol–water partition coefficient (Wildman–Crippen LogP) is 3.66. The number of hydrogen-bond donors (Lipinski definition) is 2. The zero-order valence-electron chi connectivity index (χ0n) is 8.92. The molecule has 0 saturated carbocycles. The zero-order valence-corrected chi connectivity index (χ0v) is 12.1. The van der Waals surface area contributed by atoms with E-state index in [1.165, 1.54) is 11.3 Å². The Morgan fingerprint density at radius 1 is 1.53 bits per heavy atom. The summed E-state index contributed by atoms with van der Waals surface area (Å²) in [6, 6.07) is 1.96. The molecule has 0 spiro atoms. The summed E-state index contributed by atoms with van der Waals surface area (Å²) in [7, 11) is 0. The zero-order chi connectivity index (χ0) is 12.4. The summed E-state index contributed by atoms with van der Waals surface area (Å²) < 4.78 is 1.39. The predicted molar refractivity (Wildman–Crippen MR) is 74.5 cm³/mol. The quantitative estimate of drug-likeness (QED) is 0.905. The van der Waals surface area contributed by atoms with E-state index in [-0.39, 0.29) is 10.9 Å². The van der Waals surface area contributed by atoms with E-state index >= 15 is 0 Å². The minimum absolute atomic E-state index is 0.0361. The molecule has 0 fully saturated rings. The Hall–Kier alpha value is -0.330. The van der Waals surface area contributed by atoms with Crippen LogP contribution in [0, 0.1) is 0 Å². The van der Waals surface area contributed by atoms with Gasteiger partial charge in [0.1, 0.15) is 0 Å². The summed E-state index contributed by atoms with van der Waals surface area (Å²) in [5.41, 5.74) is 1.86.